The number of amides is 1. The van der Waals surface area contributed by atoms with Crippen molar-refractivity contribution in [2.45, 2.75) is 32.6 Å². The van der Waals surface area contributed by atoms with Crippen LogP contribution in [-0.2, 0) is 11.3 Å². The van der Waals surface area contributed by atoms with E-state index in [0.29, 0.717) is 18.7 Å². The summed E-state index contributed by atoms with van der Waals surface area (Å²) in [6.45, 7) is 8.13. The van der Waals surface area contributed by atoms with Gasteiger partial charge in [-0.2, -0.15) is 5.10 Å². The number of hydrogen-bond acceptors (Lipinski definition) is 5. The second-order valence-electron chi connectivity index (χ2n) is 6.56. The van der Waals surface area contributed by atoms with Crippen molar-refractivity contribution >= 4 is 5.91 Å². The molecule has 2 heterocycles. The first-order valence-electron chi connectivity index (χ1n) is 8.67. The zero-order valence-electron chi connectivity index (χ0n) is 14.8. The summed E-state index contributed by atoms with van der Waals surface area (Å²) in [5, 5.41) is 7.07. The summed E-state index contributed by atoms with van der Waals surface area (Å²) in [6.07, 6.45) is 3.68. The third kappa shape index (κ3) is 5.11. The van der Waals surface area contributed by atoms with Gasteiger partial charge in [0.25, 0.3) is 5.91 Å². The molecule has 2 atom stereocenters. The lowest BCUT2D eigenvalue weighted by atomic mass is 10.1. The zero-order chi connectivity index (χ0) is 17.6. The van der Waals surface area contributed by atoms with E-state index in [1.54, 1.807) is 11.0 Å². The van der Waals surface area contributed by atoms with E-state index in [2.05, 4.69) is 34.1 Å². The first-order chi connectivity index (χ1) is 12.1. The van der Waals surface area contributed by atoms with Crippen LogP contribution in [0.4, 0.5) is 0 Å². The average molecular weight is 343 g/mol. The molecule has 1 fully saturated rings. The van der Waals surface area contributed by atoms with Crippen LogP contribution in [0.25, 0.3) is 0 Å². The van der Waals surface area contributed by atoms with Crippen molar-refractivity contribution in [1.29, 1.82) is 0 Å². The Morgan fingerprint density at radius 3 is 2.60 bits per heavy atom. The van der Waals surface area contributed by atoms with E-state index < -0.39 is 0 Å². The fraction of sp³-hybridized carbons (Fsp3) is 0.500. The van der Waals surface area contributed by atoms with E-state index in [0.717, 1.165) is 25.2 Å². The summed E-state index contributed by atoms with van der Waals surface area (Å²) in [5.41, 5.74) is 1.75. The number of nitrogens with zero attached hydrogens (tertiary/aromatic N) is 4. The van der Waals surface area contributed by atoms with E-state index >= 15 is 0 Å². The van der Waals surface area contributed by atoms with E-state index in [4.69, 9.17) is 4.74 Å². The van der Waals surface area contributed by atoms with Gasteiger partial charge in [-0.3, -0.25) is 9.69 Å². The molecule has 7 heteroatoms. The fourth-order valence-corrected chi connectivity index (χ4v) is 3.16. The Bertz CT molecular complexity index is 661. The maximum atomic E-state index is 12.3. The van der Waals surface area contributed by atoms with Crippen molar-refractivity contribution in [3.05, 3.63) is 48.0 Å². The van der Waals surface area contributed by atoms with Gasteiger partial charge in [-0.05, 0) is 31.5 Å². The minimum absolute atomic E-state index is 0.0401. The van der Waals surface area contributed by atoms with Crippen molar-refractivity contribution in [2.24, 2.45) is 0 Å². The van der Waals surface area contributed by atoms with Crippen LogP contribution in [0.5, 0.6) is 0 Å². The summed E-state index contributed by atoms with van der Waals surface area (Å²) in [7, 11) is 0. The van der Waals surface area contributed by atoms with Crippen molar-refractivity contribution < 1.29 is 9.53 Å². The molecule has 2 aromatic rings. The van der Waals surface area contributed by atoms with Crippen LogP contribution in [0.2, 0.25) is 0 Å². The number of ether oxygens (including phenoxy) is 1. The SMILES string of the molecule is C[C@@H]1CN(CCNC(=O)c2ccc(Cn3cncn3)cc2)C[C@H](C)O1. The van der Waals surface area contributed by atoms with Gasteiger partial charge < -0.3 is 10.1 Å². The Labute approximate surface area is 148 Å². The number of hydrogen-bond donors (Lipinski definition) is 1. The lowest BCUT2D eigenvalue weighted by Crippen LogP contribution is -2.47. The maximum Gasteiger partial charge on any atom is 0.251 e. The molecule has 0 bridgehead atoms. The Hall–Kier alpha value is -2.25. The smallest absolute Gasteiger partial charge is 0.251 e. The van der Waals surface area contributed by atoms with Crippen LogP contribution in [0, 0.1) is 0 Å². The van der Waals surface area contributed by atoms with Gasteiger partial charge in [-0.1, -0.05) is 12.1 Å². The van der Waals surface area contributed by atoms with Crippen molar-refractivity contribution in [1.82, 2.24) is 25.0 Å². The number of benzene rings is 1. The van der Waals surface area contributed by atoms with Gasteiger partial charge in [0.1, 0.15) is 12.7 Å². The average Bonchev–Trinajstić information content (AvgIpc) is 3.07. The summed E-state index contributed by atoms with van der Waals surface area (Å²) < 4.78 is 7.47. The summed E-state index contributed by atoms with van der Waals surface area (Å²) in [4.78, 5) is 18.5. The number of aromatic nitrogens is 3. The van der Waals surface area contributed by atoms with Crippen LogP contribution >= 0.6 is 0 Å². The zero-order valence-corrected chi connectivity index (χ0v) is 14.8. The molecule has 1 aromatic heterocycles. The van der Waals surface area contributed by atoms with Crippen molar-refractivity contribution in [3.63, 3.8) is 0 Å². The molecule has 1 aromatic carbocycles. The van der Waals surface area contributed by atoms with Crippen LogP contribution < -0.4 is 5.32 Å². The van der Waals surface area contributed by atoms with Gasteiger partial charge in [-0.25, -0.2) is 9.67 Å². The molecule has 0 saturated carbocycles. The number of carbonyl (C=O) groups excluding carboxylic acids is 1. The van der Waals surface area contributed by atoms with Gasteiger partial charge in [0.05, 0.1) is 18.8 Å². The lowest BCUT2D eigenvalue weighted by Gasteiger charge is -2.35. The third-order valence-electron chi connectivity index (χ3n) is 4.24. The number of rotatable bonds is 6. The van der Waals surface area contributed by atoms with Crippen molar-refractivity contribution in [3.8, 4) is 0 Å². The maximum absolute atomic E-state index is 12.3. The predicted octanol–water partition coefficient (Wildman–Crippen LogP) is 1.17. The normalized spacial score (nSPS) is 21.2. The molecule has 134 valence electrons. The molecule has 1 amide bonds. The van der Waals surface area contributed by atoms with Gasteiger partial charge in [0.2, 0.25) is 0 Å². The number of morpholine rings is 1. The van der Waals surface area contributed by atoms with E-state index in [9.17, 15) is 4.79 Å². The van der Waals surface area contributed by atoms with E-state index in [1.165, 1.54) is 6.33 Å². The number of carbonyl (C=O) groups is 1. The monoisotopic (exact) mass is 343 g/mol. The molecule has 25 heavy (non-hydrogen) atoms. The molecule has 1 aliphatic heterocycles. The molecule has 1 saturated heterocycles. The highest BCUT2D eigenvalue weighted by Gasteiger charge is 2.21. The van der Waals surface area contributed by atoms with Crippen LogP contribution in [0.15, 0.2) is 36.9 Å². The van der Waals surface area contributed by atoms with Crippen molar-refractivity contribution in [2.75, 3.05) is 26.2 Å². The van der Waals surface area contributed by atoms with E-state index in [1.807, 2.05) is 24.3 Å². The summed E-state index contributed by atoms with van der Waals surface area (Å²) >= 11 is 0. The second-order valence-corrected chi connectivity index (χ2v) is 6.56. The largest absolute Gasteiger partial charge is 0.373 e. The Balaban J connectivity index is 1.45. The molecule has 0 spiro atoms. The molecular formula is C18H25N5O2. The number of nitrogens with one attached hydrogen (secondary N) is 1. The van der Waals surface area contributed by atoms with Gasteiger partial charge in [-0.15, -0.1) is 0 Å². The molecular weight excluding hydrogens is 318 g/mol. The minimum Gasteiger partial charge on any atom is -0.373 e. The molecule has 7 nitrogen and oxygen atoms in total. The van der Waals surface area contributed by atoms with Crippen LogP contribution in [-0.4, -0.2) is 64.0 Å². The molecule has 1 N–H and O–H groups in total. The third-order valence-corrected chi connectivity index (χ3v) is 4.24. The Morgan fingerprint density at radius 1 is 1.24 bits per heavy atom. The lowest BCUT2D eigenvalue weighted by molar-refractivity contribution is -0.0672. The molecule has 0 aliphatic carbocycles. The van der Waals surface area contributed by atoms with Gasteiger partial charge in [0, 0.05) is 31.7 Å². The first kappa shape index (κ1) is 17.6. The standard InChI is InChI=1S/C18H25N5O2/c1-14-9-22(10-15(2)25-14)8-7-20-18(24)17-5-3-16(4-6-17)11-23-13-19-12-21-23/h3-6,12-15H,7-11H2,1-2H3,(H,20,24)/t14-,15+. The Morgan fingerprint density at radius 2 is 1.96 bits per heavy atom. The molecule has 0 radical (unpaired) electrons. The quantitative estimate of drug-likeness (QED) is 0.852. The van der Waals surface area contributed by atoms with Gasteiger partial charge in [0.15, 0.2) is 0 Å². The fourth-order valence-electron chi connectivity index (χ4n) is 3.16. The predicted molar refractivity (Wildman–Crippen MR) is 94.3 cm³/mol. The highest BCUT2D eigenvalue weighted by molar-refractivity contribution is 5.94. The topological polar surface area (TPSA) is 72.3 Å². The first-order valence-corrected chi connectivity index (χ1v) is 8.67. The molecule has 1 aliphatic rings. The van der Waals surface area contributed by atoms with Crippen LogP contribution in [0.1, 0.15) is 29.8 Å². The highest BCUT2D eigenvalue weighted by atomic mass is 16.5. The van der Waals surface area contributed by atoms with Crippen LogP contribution in [0.3, 0.4) is 0 Å². The summed E-state index contributed by atoms with van der Waals surface area (Å²) in [5.74, 6) is -0.0401. The molecule has 3 rings (SSSR count). The second kappa shape index (κ2) is 8.22. The highest BCUT2D eigenvalue weighted by Crippen LogP contribution is 2.10. The van der Waals surface area contributed by atoms with Gasteiger partial charge >= 0.3 is 0 Å². The summed E-state index contributed by atoms with van der Waals surface area (Å²) in [6, 6.07) is 7.59. The molecule has 0 unspecified atom stereocenters. The van der Waals surface area contributed by atoms with E-state index in [-0.39, 0.29) is 18.1 Å². The minimum atomic E-state index is -0.0401. The Kier molecular flexibility index (Phi) is 5.78.